The molecule has 3 rings (SSSR count). The van der Waals surface area contributed by atoms with Crippen molar-refractivity contribution in [3.63, 3.8) is 0 Å². The molecule has 0 saturated carbocycles. The van der Waals surface area contributed by atoms with Crippen LogP contribution in [0.25, 0.3) is 0 Å². The highest BCUT2D eigenvalue weighted by Gasteiger charge is 2.26. The lowest BCUT2D eigenvalue weighted by Crippen LogP contribution is -2.41. The number of carbonyl (C=O) groups is 1. The van der Waals surface area contributed by atoms with E-state index in [4.69, 9.17) is 15.2 Å². The number of carbonyl (C=O) groups excluding carboxylic acids is 1. The molecule has 1 aromatic rings. The molecule has 2 saturated heterocycles. The number of benzene rings is 1. The maximum Gasteiger partial charge on any atom is 0.223 e. The average molecular weight is 433 g/mol. The summed E-state index contributed by atoms with van der Waals surface area (Å²) in [5.41, 5.74) is 9.28. The van der Waals surface area contributed by atoms with E-state index in [2.05, 4.69) is 37.6 Å². The average Bonchev–Trinajstić information content (AvgIpc) is 2.80. The van der Waals surface area contributed by atoms with Gasteiger partial charge in [0.2, 0.25) is 5.91 Å². The minimum atomic E-state index is 0.0837. The Bertz CT molecular complexity index is 743. The SMILES string of the molecule is CN=C(N)Nc1ccc(N2CCOCC2)c(CN2CCC(C(=O)NCCOC)CC2)c1. The van der Waals surface area contributed by atoms with Gasteiger partial charge in [0.1, 0.15) is 0 Å². The topological polar surface area (TPSA) is 104 Å². The fourth-order valence-electron chi connectivity index (χ4n) is 4.12. The Balaban J connectivity index is 1.64. The monoisotopic (exact) mass is 432 g/mol. The summed E-state index contributed by atoms with van der Waals surface area (Å²) < 4.78 is 10.5. The van der Waals surface area contributed by atoms with E-state index >= 15 is 0 Å². The minimum absolute atomic E-state index is 0.0837. The van der Waals surface area contributed by atoms with Gasteiger partial charge in [-0.1, -0.05) is 0 Å². The van der Waals surface area contributed by atoms with Crippen LogP contribution in [0.3, 0.4) is 0 Å². The summed E-state index contributed by atoms with van der Waals surface area (Å²) in [6, 6.07) is 6.36. The van der Waals surface area contributed by atoms with Crippen LogP contribution < -0.4 is 21.3 Å². The van der Waals surface area contributed by atoms with Crippen molar-refractivity contribution in [2.24, 2.45) is 16.6 Å². The third kappa shape index (κ3) is 6.81. The smallest absolute Gasteiger partial charge is 0.223 e. The number of nitrogens with one attached hydrogen (secondary N) is 2. The van der Waals surface area contributed by atoms with Gasteiger partial charge in [0, 0.05) is 57.6 Å². The molecule has 2 heterocycles. The first-order valence-corrected chi connectivity index (χ1v) is 11.0. The highest BCUT2D eigenvalue weighted by Crippen LogP contribution is 2.28. The molecule has 2 aliphatic heterocycles. The zero-order valence-corrected chi connectivity index (χ0v) is 18.7. The van der Waals surface area contributed by atoms with Crippen LogP contribution in [-0.2, 0) is 20.8 Å². The van der Waals surface area contributed by atoms with Crippen molar-refractivity contribution in [1.29, 1.82) is 0 Å². The summed E-state index contributed by atoms with van der Waals surface area (Å²) in [6.07, 6.45) is 1.75. The minimum Gasteiger partial charge on any atom is -0.383 e. The number of hydrogen-bond donors (Lipinski definition) is 3. The summed E-state index contributed by atoms with van der Waals surface area (Å²) >= 11 is 0. The van der Waals surface area contributed by atoms with Crippen molar-refractivity contribution in [3.05, 3.63) is 23.8 Å². The zero-order chi connectivity index (χ0) is 22.1. The molecule has 2 fully saturated rings. The molecule has 4 N–H and O–H groups in total. The molecule has 31 heavy (non-hydrogen) atoms. The van der Waals surface area contributed by atoms with E-state index in [0.717, 1.165) is 64.5 Å². The number of likely N-dealkylation sites (tertiary alicyclic amines) is 1. The number of aliphatic imine (C=N–C) groups is 1. The number of anilines is 2. The molecule has 9 nitrogen and oxygen atoms in total. The summed E-state index contributed by atoms with van der Waals surface area (Å²) in [7, 11) is 3.31. The number of piperidine rings is 1. The molecule has 0 bridgehead atoms. The molecule has 172 valence electrons. The van der Waals surface area contributed by atoms with E-state index in [9.17, 15) is 4.79 Å². The highest BCUT2D eigenvalue weighted by molar-refractivity contribution is 5.92. The van der Waals surface area contributed by atoms with Crippen molar-refractivity contribution in [2.45, 2.75) is 19.4 Å². The van der Waals surface area contributed by atoms with Crippen LogP contribution in [0.5, 0.6) is 0 Å². The van der Waals surface area contributed by atoms with Gasteiger partial charge >= 0.3 is 0 Å². The van der Waals surface area contributed by atoms with Gasteiger partial charge in [-0.2, -0.15) is 0 Å². The Morgan fingerprint density at radius 3 is 2.68 bits per heavy atom. The normalized spacial score (nSPS) is 18.8. The number of guanidine groups is 1. The lowest BCUT2D eigenvalue weighted by Gasteiger charge is -2.34. The quantitative estimate of drug-likeness (QED) is 0.318. The number of rotatable bonds is 8. The molecule has 9 heteroatoms. The maximum absolute atomic E-state index is 12.3. The zero-order valence-electron chi connectivity index (χ0n) is 18.7. The Kier molecular flexibility index (Phi) is 8.93. The Labute approximate surface area is 185 Å². The van der Waals surface area contributed by atoms with Crippen LogP contribution in [0, 0.1) is 5.92 Å². The lowest BCUT2D eigenvalue weighted by molar-refractivity contribution is -0.126. The number of morpholine rings is 1. The lowest BCUT2D eigenvalue weighted by atomic mass is 9.95. The van der Waals surface area contributed by atoms with Gasteiger partial charge in [0.05, 0.1) is 19.8 Å². The summed E-state index contributed by atoms with van der Waals surface area (Å²) in [4.78, 5) is 21.1. The molecule has 0 spiro atoms. The van der Waals surface area contributed by atoms with E-state index in [-0.39, 0.29) is 11.8 Å². The van der Waals surface area contributed by atoms with Crippen LogP contribution in [0.1, 0.15) is 18.4 Å². The fourth-order valence-corrected chi connectivity index (χ4v) is 4.12. The van der Waals surface area contributed by atoms with Crippen molar-refractivity contribution in [1.82, 2.24) is 10.2 Å². The van der Waals surface area contributed by atoms with Crippen LogP contribution in [-0.4, -0.2) is 83.5 Å². The number of methoxy groups -OCH3 is 1. The largest absolute Gasteiger partial charge is 0.383 e. The number of hydrogen-bond acceptors (Lipinski definition) is 6. The molecule has 0 radical (unpaired) electrons. The van der Waals surface area contributed by atoms with Crippen molar-refractivity contribution >= 4 is 23.2 Å². The molecule has 2 aliphatic rings. The van der Waals surface area contributed by atoms with Crippen molar-refractivity contribution < 1.29 is 14.3 Å². The molecule has 1 aromatic carbocycles. The predicted octanol–water partition coefficient (Wildman–Crippen LogP) is 0.854. The first-order valence-electron chi connectivity index (χ1n) is 11.0. The van der Waals surface area contributed by atoms with E-state index in [1.165, 1.54) is 11.3 Å². The van der Waals surface area contributed by atoms with Crippen LogP contribution >= 0.6 is 0 Å². The Morgan fingerprint density at radius 2 is 2.00 bits per heavy atom. The Hall–Kier alpha value is -2.36. The maximum atomic E-state index is 12.3. The van der Waals surface area contributed by atoms with Gasteiger partial charge in [-0.15, -0.1) is 0 Å². The van der Waals surface area contributed by atoms with Gasteiger partial charge in [-0.05, 0) is 49.7 Å². The molecule has 0 atom stereocenters. The standard InChI is InChI=1S/C22H36N6O3/c1-24-22(23)26-19-3-4-20(28-10-13-31-14-11-28)18(15-19)16-27-8-5-17(6-9-27)21(29)25-7-12-30-2/h3-4,15,17H,5-14,16H2,1-2H3,(H,25,29)(H3,23,24,26). The predicted molar refractivity (Wildman–Crippen MR) is 124 cm³/mol. The van der Waals surface area contributed by atoms with Gasteiger partial charge in [-0.3, -0.25) is 14.7 Å². The first kappa shape index (κ1) is 23.3. The van der Waals surface area contributed by atoms with Crippen LogP contribution in [0.2, 0.25) is 0 Å². The second kappa shape index (κ2) is 11.9. The fraction of sp³-hybridized carbons (Fsp3) is 0.636. The molecule has 0 aromatic heterocycles. The number of nitrogens with zero attached hydrogens (tertiary/aromatic N) is 3. The first-order chi connectivity index (χ1) is 15.1. The molecule has 0 aliphatic carbocycles. The number of nitrogens with two attached hydrogens (primary N) is 1. The van der Waals surface area contributed by atoms with E-state index in [0.29, 0.717) is 19.1 Å². The third-order valence-electron chi connectivity index (χ3n) is 5.90. The number of amides is 1. The summed E-state index contributed by atoms with van der Waals surface area (Å²) in [5, 5.41) is 6.12. The van der Waals surface area contributed by atoms with Crippen LogP contribution in [0.15, 0.2) is 23.2 Å². The molecular weight excluding hydrogens is 396 g/mol. The molecular formula is C22H36N6O3. The molecule has 0 unspecified atom stereocenters. The third-order valence-corrected chi connectivity index (χ3v) is 5.90. The summed E-state index contributed by atoms with van der Waals surface area (Å²) in [6.45, 7) is 7.04. The van der Waals surface area contributed by atoms with Crippen molar-refractivity contribution in [2.75, 3.05) is 76.9 Å². The van der Waals surface area contributed by atoms with Gasteiger partial charge in [-0.25, -0.2) is 0 Å². The van der Waals surface area contributed by atoms with Crippen molar-refractivity contribution in [3.8, 4) is 0 Å². The van der Waals surface area contributed by atoms with E-state index < -0.39 is 0 Å². The molecule has 1 amide bonds. The van der Waals surface area contributed by atoms with Crippen LogP contribution in [0.4, 0.5) is 11.4 Å². The second-order valence-corrected chi connectivity index (χ2v) is 8.01. The van der Waals surface area contributed by atoms with E-state index in [1.54, 1.807) is 14.2 Å². The second-order valence-electron chi connectivity index (χ2n) is 8.01. The summed E-state index contributed by atoms with van der Waals surface area (Å²) in [5.74, 6) is 0.622. The van der Waals surface area contributed by atoms with E-state index in [1.807, 2.05) is 6.07 Å². The van der Waals surface area contributed by atoms with Gasteiger partial charge in [0.25, 0.3) is 0 Å². The van der Waals surface area contributed by atoms with Gasteiger partial charge in [0.15, 0.2) is 5.96 Å². The Morgan fingerprint density at radius 1 is 1.26 bits per heavy atom. The van der Waals surface area contributed by atoms with Gasteiger partial charge < -0.3 is 30.7 Å². The number of ether oxygens (including phenoxy) is 2. The highest BCUT2D eigenvalue weighted by atomic mass is 16.5.